The monoisotopic (exact) mass is 392 g/mol. The van der Waals surface area contributed by atoms with Gasteiger partial charge in [0.2, 0.25) is 0 Å². The Balaban J connectivity index is 1.48. The summed E-state index contributed by atoms with van der Waals surface area (Å²) in [6, 6.07) is 17.0. The molecule has 0 unspecified atom stereocenters. The number of carbonyl (C=O) groups is 1. The number of benzene rings is 2. The number of rotatable bonds is 8. The van der Waals surface area contributed by atoms with Gasteiger partial charge in [0.1, 0.15) is 6.61 Å². The average Bonchev–Trinajstić information content (AvgIpc) is 3.50. The van der Waals surface area contributed by atoms with E-state index in [1.165, 1.54) is 0 Å². The lowest BCUT2D eigenvalue weighted by molar-refractivity contribution is -0.176. The molecule has 150 valence electrons. The van der Waals surface area contributed by atoms with Crippen molar-refractivity contribution in [3.8, 4) is 0 Å². The molecule has 28 heavy (non-hydrogen) atoms. The van der Waals surface area contributed by atoms with Crippen molar-refractivity contribution in [1.82, 2.24) is 10.2 Å². The van der Waals surface area contributed by atoms with Gasteiger partial charge in [-0.15, -0.1) is 0 Å². The van der Waals surface area contributed by atoms with Crippen LogP contribution in [0.25, 0.3) is 0 Å². The molecule has 0 heterocycles. The second kappa shape index (κ2) is 9.10. The lowest BCUT2D eigenvalue weighted by Crippen LogP contribution is -2.40. The second-order valence-electron chi connectivity index (χ2n) is 6.93. The maximum absolute atomic E-state index is 12.6. The number of alkyl halides is 3. The van der Waals surface area contributed by atoms with Crippen molar-refractivity contribution < 1.29 is 22.7 Å². The van der Waals surface area contributed by atoms with Gasteiger partial charge in [-0.25, -0.2) is 4.79 Å². The molecule has 0 aliphatic heterocycles. The standard InChI is InChI=1S/C21H23F3N2O2/c22-21(23,24)15-28-14-18-8-6-16(7-9-18)12-25-20(27)26(19-10-11-19)13-17-4-2-1-3-5-17/h1-9,19H,10-15H2,(H,25,27). The van der Waals surface area contributed by atoms with E-state index in [9.17, 15) is 18.0 Å². The molecule has 1 aliphatic rings. The fraction of sp³-hybridized carbons (Fsp3) is 0.381. The molecule has 0 saturated heterocycles. The summed E-state index contributed by atoms with van der Waals surface area (Å²) >= 11 is 0. The molecular formula is C21H23F3N2O2. The van der Waals surface area contributed by atoms with Gasteiger partial charge in [0, 0.05) is 19.1 Å². The Labute approximate surface area is 162 Å². The summed E-state index contributed by atoms with van der Waals surface area (Å²) < 4.78 is 40.9. The maximum atomic E-state index is 12.6. The van der Waals surface area contributed by atoms with E-state index in [-0.39, 0.29) is 18.7 Å². The van der Waals surface area contributed by atoms with E-state index in [0.717, 1.165) is 24.0 Å². The molecule has 1 fully saturated rings. The third-order valence-electron chi connectivity index (χ3n) is 4.45. The molecule has 0 aromatic heterocycles. The van der Waals surface area contributed by atoms with Gasteiger partial charge in [0.05, 0.1) is 6.61 Å². The minimum atomic E-state index is -4.32. The van der Waals surface area contributed by atoms with Crippen LogP contribution in [0.4, 0.5) is 18.0 Å². The van der Waals surface area contributed by atoms with Crippen LogP contribution in [0.2, 0.25) is 0 Å². The fourth-order valence-electron chi connectivity index (χ4n) is 2.85. The van der Waals surface area contributed by atoms with Crippen LogP contribution in [0.1, 0.15) is 29.5 Å². The SMILES string of the molecule is O=C(NCc1ccc(COCC(F)(F)F)cc1)N(Cc1ccccc1)C1CC1. The second-order valence-corrected chi connectivity index (χ2v) is 6.93. The number of amides is 2. The zero-order valence-corrected chi connectivity index (χ0v) is 15.4. The quantitative estimate of drug-likeness (QED) is 0.711. The van der Waals surface area contributed by atoms with Crippen molar-refractivity contribution in [2.24, 2.45) is 0 Å². The molecule has 0 radical (unpaired) electrons. The molecule has 3 rings (SSSR count). The normalized spacial score (nSPS) is 14.0. The Bertz CT molecular complexity index is 759. The van der Waals surface area contributed by atoms with E-state index in [1.807, 2.05) is 35.2 Å². The fourth-order valence-corrected chi connectivity index (χ4v) is 2.85. The Morgan fingerprint density at radius 1 is 1.00 bits per heavy atom. The Morgan fingerprint density at radius 3 is 2.25 bits per heavy atom. The van der Waals surface area contributed by atoms with E-state index in [0.29, 0.717) is 18.7 Å². The summed E-state index contributed by atoms with van der Waals surface area (Å²) in [5.41, 5.74) is 2.62. The first-order valence-corrected chi connectivity index (χ1v) is 9.21. The number of carbonyl (C=O) groups excluding carboxylic acids is 1. The minimum Gasteiger partial charge on any atom is -0.367 e. The number of urea groups is 1. The molecule has 0 atom stereocenters. The molecule has 1 N–H and O–H groups in total. The van der Waals surface area contributed by atoms with Crippen molar-refractivity contribution in [2.75, 3.05) is 6.61 Å². The van der Waals surface area contributed by atoms with Crippen molar-refractivity contribution in [3.05, 3.63) is 71.3 Å². The van der Waals surface area contributed by atoms with Gasteiger partial charge in [-0.05, 0) is 29.5 Å². The molecule has 1 aliphatic carbocycles. The molecule has 1 saturated carbocycles. The average molecular weight is 392 g/mol. The molecule has 2 aromatic rings. The Hall–Kier alpha value is -2.54. The van der Waals surface area contributed by atoms with Gasteiger partial charge in [0.15, 0.2) is 0 Å². The largest absolute Gasteiger partial charge is 0.411 e. The maximum Gasteiger partial charge on any atom is 0.411 e. The topological polar surface area (TPSA) is 41.6 Å². The third-order valence-corrected chi connectivity index (χ3v) is 4.45. The lowest BCUT2D eigenvalue weighted by Gasteiger charge is -2.23. The molecular weight excluding hydrogens is 369 g/mol. The zero-order valence-electron chi connectivity index (χ0n) is 15.4. The van der Waals surface area contributed by atoms with E-state index < -0.39 is 12.8 Å². The Morgan fingerprint density at radius 2 is 1.64 bits per heavy atom. The lowest BCUT2D eigenvalue weighted by atomic mass is 10.1. The van der Waals surface area contributed by atoms with E-state index >= 15 is 0 Å². The first kappa shape index (κ1) is 20.2. The summed E-state index contributed by atoms with van der Waals surface area (Å²) in [5, 5.41) is 2.93. The highest BCUT2D eigenvalue weighted by Crippen LogP contribution is 2.28. The molecule has 0 spiro atoms. The molecule has 7 heteroatoms. The minimum absolute atomic E-state index is 0.0985. The predicted molar refractivity (Wildman–Crippen MR) is 99.4 cm³/mol. The van der Waals surface area contributed by atoms with Gasteiger partial charge in [-0.1, -0.05) is 54.6 Å². The van der Waals surface area contributed by atoms with Crippen molar-refractivity contribution in [1.29, 1.82) is 0 Å². The number of halogens is 3. The van der Waals surface area contributed by atoms with Gasteiger partial charge in [-0.2, -0.15) is 13.2 Å². The first-order chi connectivity index (χ1) is 13.4. The summed E-state index contributed by atoms with van der Waals surface area (Å²) in [4.78, 5) is 14.4. The van der Waals surface area contributed by atoms with E-state index in [4.69, 9.17) is 0 Å². The number of ether oxygens (including phenoxy) is 1. The van der Waals surface area contributed by atoms with Crippen LogP contribution in [0.15, 0.2) is 54.6 Å². The summed E-state index contributed by atoms with van der Waals surface area (Å²) in [7, 11) is 0. The smallest absolute Gasteiger partial charge is 0.367 e. The van der Waals surface area contributed by atoms with Crippen molar-refractivity contribution in [2.45, 2.75) is 44.8 Å². The van der Waals surface area contributed by atoms with Crippen molar-refractivity contribution >= 4 is 6.03 Å². The summed E-state index contributed by atoms with van der Waals surface area (Å²) in [6.07, 6.45) is -2.28. The van der Waals surface area contributed by atoms with E-state index in [2.05, 4.69) is 10.1 Å². The van der Waals surface area contributed by atoms with Crippen LogP contribution in [-0.4, -0.2) is 29.8 Å². The molecule has 4 nitrogen and oxygen atoms in total. The van der Waals surface area contributed by atoms with Gasteiger partial charge in [-0.3, -0.25) is 0 Å². The van der Waals surface area contributed by atoms with Crippen molar-refractivity contribution in [3.63, 3.8) is 0 Å². The highest BCUT2D eigenvalue weighted by Gasteiger charge is 2.32. The highest BCUT2D eigenvalue weighted by molar-refractivity contribution is 5.75. The van der Waals surface area contributed by atoms with Gasteiger partial charge < -0.3 is 15.0 Å². The number of hydrogen-bond donors (Lipinski definition) is 1. The summed E-state index contributed by atoms with van der Waals surface area (Å²) in [5.74, 6) is 0. The van der Waals surface area contributed by atoms with E-state index in [1.54, 1.807) is 24.3 Å². The predicted octanol–water partition coefficient (Wildman–Crippen LogP) is 4.64. The van der Waals surface area contributed by atoms with Gasteiger partial charge >= 0.3 is 12.2 Å². The number of hydrogen-bond acceptors (Lipinski definition) is 2. The number of nitrogens with zero attached hydrogens (tertiary/aromatic N) is 1. The Kier molecular flexibility index (Phi) is 6.57. The third kappa shape index (κ3) is 6.56. The number of nitrogens with one attached hydrogen (secondary N) is 1. The van der Waals surface area contributed by atoms with Crippen LogP contribution >= 0.6 is 0 Å². The van der Waals surface area contributed by atoms with Crippen LogP contribution in [0.3, 0.4) is 0 Å². The van der Waals surface area contributed by atoms with Crippen LogP contribution in [0.5, 0.6) is 0 Å². The molecule has 2 amide bonds. The van der Waals surface area contributed by atoms with Crippen LogP contribution < -0.4 is 5.32 Å². The highest BCUT2D eigenvalue weighted by atomic mass is 19.4. The van der Waals surface area contributed by atoms with Gasteiger partial charge in [0.25, 0.3) is 0 Å². The van der Waals surface area contributed by atoms with Crippen LogP contribution in [0, 0.1) is 0 Å². The molecule has 2 aromatic carbocycles. The first-order valence-electron chi connectivity index (χ1n) is 9.21. The zero-order chi connectivity index (χ0) is 20.0. The molecule has 0 bridgehead atoms. The summed E-state index contributed by atoms with van der Waals surface area (Å²) in [6.45, 7) is -0.421. The van der Waals surface area contributed by atoms with Crippen LogP contribution in [-0.2, 0) is 24.4 Å².